The lowest BCUT2D eigenvalue weighted by molar-refractivity contribution is 0.257. The number of para-hydroxylation sites is 1. The van der Waals surface area contributed by atoms with Crippen LogP contribution in [0.4, 0.5) is 0 Å². The first-order valence-corrected chi connectivity index (χ1v) is 8.61. The van der Waals surface area contributed by atoms with Crippen LogP contribution in [-0.2, 0) is 6.42 Å². The summed E-state index contributed by atoms with van der Waals surface area (Å²) in [6.45, 7) is 0.623. The number of hydrogen-bond acceptors (Lipinski definition) is 3. The summed E-state index contributed by atoms with van der Waals surface area (Å²) in [5.74, 6) is 2.57. The molecule has 1 aromatic carbocycles. The Hall–Kier alpha value is -0.880. The van der Waals surface area contributed by atoms with Gasteiger partial charge in [0.05, 0.1) is 21.8 Å². The summed E-state index contributed by atoms with van der Waals surface area (Å²) in [7, 11) is 0. The number of halogens is 2. The topological polar surface area (TPSA) is 35.0 Å². The maximum atomic E-state index is 6.31. The zero-order chi connectivity index (χ0) is 14.4. The Balaban J connectivity index is 1.68. The number of benzene rings is 1. The van der Waals surface area contributed by atoms with Crippen molar-refractivity contribution in [3.63, 3.8) is 0 Å². The van der Waals surface area contributed by atoms with Crippen molar-refractivity contribution in [1.82, 2.24) is 9.97 Å². The Labute approximate surface area is 142 Å². The van der Waals surface area contributed by atoms with Crippen LogP contribution in [0.2, 0.25) is 5.15 Å². The number of hydrogen-bond donors (Lipinski definition) is 0. The smallest absolute Gasteiger partial charge is 0.146 e. The van der Waals surface area contributed by atoms with Gasteiger partial charge < -0.3 is 4.74 Å². The van der Waals surface area contributed by atoms with E-state index in [9.17, 15) is 0 Å². The van der Waals surface area contributed by atoms with Crippen molar-refractivity contribution in [3.8, 4) is 5.75 Å². The third-order valence-electron chi connectivity index (χ3n) is 4.06. The van der Waals surface area contributed by atoms with E-state index in [1.807, 2.05) is 18.2 Å². The molecular weight excluding hydrogens is 399 g/mol. The van der Waals surface area contributed by atoms with E-state index in [4.69, 9.17) is 21.3 Å². The minimum Gasteiger partial charge on any atom is -0.493 e. The Morgan fingerprint density at radius 2 is 1.95 bits per heavy atom. The average molecular weight is 413 g/mol. The van der Waals surface area contributed by atoms with Crippen molar-refractivity contribution in [3.05, 3.63) is 50.1 Å². The molecule has 1 aliphatic heterocycles. The Kier molecular flexibility index (Phi) is 3.53. The molecule has 2 aliphatic rings. The lowest BCUT2D eigenvalue weighted by atomic mass is 9.96. The summed E-state index contributed by atoms with van der Waals surface area (Å²) in [4.78, 5) is 9.32. The van der Waals surface area contributed by atoms with Crippen molar-refractivity contribution in [2.45, 2.75) is 31.1 Å². The maximum Gasteiger partial charge on any atom is 0.146 e. The van der Waals surface area contributed by atoms with E-state index in [0.717, 1.165) is 27.3 Å². The van der Waals surface area contributed by atoms with Crippen molar-refractivity contribution >= 4 is 34.2 Å². The van der Waals surface area contributed by atoms with Gasteiger partial charge >= 0.3 is 0 Å². The van der Waals surface area contributed by atoms with Crippen molar-refractivity contribution < 1.29 is 4.74 Å². The summed E-state index contributed by atoms with van der Waals surface area (Å²) in [6.07, 6.45) is 3.34. The molecule has 0 amide bonds. The first kappa shape index (κ1) is 13.8. The zero-order valence-corrected chi connectivity index (χ0v) is 14.3. The van der Waals surface area contributed by atoms with Gasteiger partial charge in [-0.05, 0) is 53.5 Å². The molecule has 5 heteroatoms. The van der Waals surface area contributed by atoms with Crippen LogP contribution in [0, 0.1) is 3.57 Å². The van der Waals surface area contributed by atoms with Crippen molar-refractivity contribution in [2.24, 2.45) is 0 Å². The second kappa shape index (κ2) is 5.39. The number of ether oxygens (including phenoxy) is 1. The fourth-order valence-corrected chi connectivity index (χ4v) is 3.62. The van der Waals surface area contributed by atoms with Crippen LogP contribution in [0.3, 0.4) is 0 Å². The van der Waals surface area contributed by atoms with Crippen LogP contribution in [0.15, 0.2) is 24.3 Å². The van der Waals surface area contributed by atoms with Gasteiger partial charge in [0.2, 0.25) is 0 Å². The highest BCUT2D eigenvalue weighted by molar-refractivity contribution is 14.1. The van der Waals surface area contributed by atoms with Crippen LogP contribution in [-0.4, -0.2) is 16.6 Å². The van der Waals surface area contributed by atoms with Crippen LogP contribution in [0.5, 0.6) is 5.75 Å². The van der Waals surface area contributed by atoms with Gasteiger partial charge in [0.1, 0.15) is 16.7 Å². The van der Waals surface area contributed by atoms with Crippen molar-refractivity contribution in [1.29, 1.82) is 0 Å². The van der Waals surface area contributed by atoms with Gasteiger partial charge in [0, 0.05) is 5.92 Å². The minimum atomic E-state index is 0.187. The zero-order valence-electron chi connectivity index (χ0n) is 11.4. The molecule has 0 N–H and O–H groups in total. The number of fused-ring (bicyclic) bond motifs is 1. The van der Waals surface area contributed by atoms with Crippen LogP contribution in [0.25, 0.3) is 0 Å². The molecular formula is C16H14ClIN2O. The molecule has 0 saturated heterocycles. The van der Waals surface area contributed by atoms with Crippen LogP contribution < -0.4 is 4.74 Å². The van der Waals surface area contributed by atoms with Crippen molar-refractivity contribution in [2.75, 3.05) is 6.61 Å². The summed E-state index contributed by atoms with van der Waals surface area (Å²) in [5, 5.41) is 0.585. The molecule has 1 unspecified atom stereocenters. The first-order valence-electron chi connectivity index (χ1n) is 7.16. The van der Waals surface area contributed by atoms with E-state index in [2.05, 4.69) is 33.6 Å². The van der Waals surface area contributed by atoms with E-state index < -0.39 is 0 Å². The quantitative estimate of drug-likeness (QED) is 0.544. The lowest BCUT2D eigenvalue weighted by Crippen LogP contribution is -2.22. The summed E-state index contributed by atoms with van der Waals surface area (Å²) in [5.41, 5.74) is 2.35. The summed E-state index contributed by atoms with van der Waals surface area (Å²) >= 11 is 8.57. The number of rotatable bonds is 2. The van der Waals surface area contributed by atoms with Gasteiger partial charge in [0.15, 0.2) is 0 Å². The van der Waals surface area contributed by atoms with Gasteiger partial charge in [-0.25, -0.2) is 9.97 Å². The lowest BCUT2D eigenvalue weighted by Gasteiger charge is -2.24. The third kappa shape index (κ3) is 2.63. The molecule has 4 rings (SSSR count). The molecule has 1 fully saturated rings. The molecule has 0 spiro atoms. The van der Waals surface area contributed by atoms with E-state index in [0.29, 0.717) is 17.7 Å². The maximum absolute atomic E-state index is 6.31. The molecule has 108 valence electrons. The Morgan fingerprint density at radius 1 is 1.14 bits per heavy atom. The Morgan fingerprint density at radius 3 is 2.76 bits per heavy atom. The molecule has 1 atom stereocenters. The molecule has 3 nitrogen and oxygen atoms in total. The van der Waals surface area contributed by atoms with Gasteiger partial charge in [-0.15, -0.1) is 0 Å². The molecule has 1 aliphatic carbocycles. The van der Waals surface area contributed by atoms with E-state index in [-0.39, 0.29) is 5.92 Å². The normalized spacial score (nSPS) is 20.8. The van der Waals surface area contributed by atoms with E-state index in [1.165, 1.54) is 18.4 Å². The monoisotopic (exact) mass is 412 g/mol. The second-order valence-corrected chi connectivity index (χ2v) is 7.10. The standard InChI is InChI=1S/C16H14ClIN2O/c17-15-13(18)14(9-5-6-9)19-16(20-15)11-7-10-3-1-2-4-12(10)21-8-11/h1-4,9,11H,5-8H2. The summed E-state index contributed by atoms with van der Waals surface area (Å²) in [6, 6.07) is 8.17. The second-order valence-electron chi connectivity index (χ2n) is 5.67. The fraction of sp³-hybridized carbons (Fsp3) is 0.375. The van der Waals surface area contributed by atoms with Gasteiger partial charge in [-0.2, -0.15) is 0 Å². The molecule has 0 radical (unpaired) electrons. The molecule has 0 bridgehead atoms. The third-order valence-corrected chi connectivity index (χ3v) is 5.72. The molecule has 1 aromatic heterocycles. The van der Waals surface area contributed by atoms with Gasteiger partial charge in [0.25, 0.3) is 0 Å². The predicted molar refractivity (Wildman–Crippen MR) is 90.1 cm³/mol. The van der Waals surface area contributed by atoms with E-state index >= 15 is 0 Å². The molecule has 21 heavy (non-hydrogen) atoms. The van der Waals surface area contributed by atoms with Gasteiger partial charge in [-0.1, -0.05) is 29.8 Å². The fourth-order valence-electron chi connectivity index (χ4n) is 2.76. The highest BCUT2D eigenvalue weighted by Gasteiger charge is 2.31. The molecule has 2 heterocycles. The minimum absolute atomic E-state index is 0.187. The average Bonchev–Trinajstić information content (AvgIpc) is 3.34. The van der Waals surface area contributed by atoms with E-state index in [1.54, 1.807) is 0 Å². The highest BCUT2D eigenvalue weighted by atomic mass is 127. The number of aromatic nitrogens is 2. The van der Waals surface area contributed by atoms with Crippen LogP contribution in [0.1, 0.15) is 41.8 Å². The molecule has 1 saturated carbocycles. The summed E-state index contributed by atoms with van der Waals surface area (Å²) < 4.78 is 6.86. The highest BCUT2D eigenvalue weighted by Crippen LogP contribution is 2.43. The SMILES string of the molecule is Clc1nc(C2COc3ccccc3C2)nc(C2CC2)c1I. The molecule has 2 aromatic rings. The largest absolute Gasteiger partial charge is 0.493 e. The Bertz CT molecular complexity index is 703. The van der Waals surface area contributed by atoms with Crippen LogP contribution >= 0.6 is 34.2 Å². The van der Waals surface area contributed by atoms with Gasteiger partial charge in [-0.3, -0.25) is 0 Å². The predicted octanol–water partition coefficient (Wildman–Crippen LogP) is 4.33. The number of nitrogens with zero attached hydrogens (tertiary/aromatic N) is 2. The first-order chi connectivity index (χ1) is 10.2.